The Hall–Kier alpha value is -2.89. The lowest BCUT2D eigenvalue weighted by Gasteiger charge is -2.13. The Bertz CT molecular complexity index is 920. The summed E-state index contributed by atoms with van der Waals surface area (Å²) >= 11 is 0. The fourth-order valence-corrected chi connectivity index (χ4v) is 2.96. The molecular formula is C18H16FN3O2. The van der Waals surface area contributed by atoms with Crippen molar-refractivity contribution in [2.75, 3.05) is 5.32 Å². The number of rotatable bonds is 3. The second kappa shape index (κ2) is 5.96. The van der Waals surface area contributed by atoms with Gasteiger partial charge in [0.25, 0.3) is 0 Å². The van der Waals surface area contributed by atoms with Gasteiger partial charge in [0.05, 0.1) is 5.69 Å². The largest absolute Gasteiger partial charge is 0.487 e. The Morgan fingerprint density at radius 1 is 1.25 bits per heavy atom. The van der Waals surface area contributed by atoms with Crippen molar-refractivity contribution in [3.05, 3.63) is 59.8 Å². The molecule has 0 atom stereocenters. The van der Waals surface area contributed by atoms with E-state index in [0.29, 0.717) is 12.1 Å². The van der Waals surface area contributed by atoms with Crippen molar-refractivity contribution < 1.29 is 13.9 Å². The molecule has 0 unspecified atom stereocenters. The van der Waals surface area contributed by atoms with Gasteiger partial charge in [-0.3, -0.25) is 4.79 Å². The van der Waals surface area contributed by atoms with Gasteiger partial charge in [0.15, 0.2) is 11.5 Å². The van der Waals surface area contributed by atoms with Crippen molar-refractivity contribution in [1.29, 1.82) is 0 Å². The molecule has 1 aliphatic rings. The zero-order chi connectivity index (χ0) is 16.5. The van der Waals surface area contributed by atoms with Crippen LogP contribution in [-0.2, 0) is 17.8 Å². The maximum Gasteiger partial charge on any atom is 0.224 e. The number of amides is 1. The number of ether oxygens (including phenoxy) is 1. The number of halogens is 1. The van der Waals surface area contributed by atoms with E-state index < -0.39 is 0 Å². The Morgan fingerprint density at radius 3 is 3.04 bits per heavy atom. The number of nitrogens with zero attached hydrogens (tertiary/aromatic N) is 2. The molecule has 0 radical (unpaired) electrons. The number of hydrogen-bond donors (Lipinski definition) is 1. The molecule has 0 aliphatic carbocycles. The number of pyridine rings is 1. The van der Waals surface area contributed by atoms with Crippen LogP contribution < -0.4 is 10.1 Å². The first-order valence-electron chi connectivity index (χ1n) is 7.87. The number of imidazole rings is 1. The first-order valence-corrected chi connectivity index (χ1v) is 7.87. The summed E-state index contributed by atoms with van der Waals surface area (Å²) in [7, 11) is 0. The molecule has 0 saturated heterocycles. The quantitative estimate of drug-likeness (QED) is 0.803. The number of carbonyl (C=O) groups excluding carboxylic acids is 1. The van der Waals surface area contributed by atoms with E-state index in [1.807, 2.05) is 18.2 Å². The summed E-state index contributed by atoms with van der Waals surface area (Å²) in [4.78, 5) is 15.9. The number of benzene rings is 1. The summed E-state index contributed by atoms with van der Waals surface area (Å²) in [5.41, 5.74) is 2.74. The molecule has 24 heavy (non-hydrogen) atoms. The third-order valence-electron chi connectivity index (χ3n) is 4.10. The van der Waals surface area contributed by atoms with E-state index in [1.165, 1.54) is 6.07 Å². The molecular weight excluding hydrogens is 309 g/mol. The fourth-order valence-electron chi connectivity index (χ4n) is 2.96. The Balaban J connectivity index is 1.58. The van der Waals surface area contributed by atoms with E-state index in [2.05, 4.69) is 10.3 Å². The van der Waals surface area contributed by atoms with E-state index in [-0.39, 0.29) is 24.0 Å². The number of nitrogens with one attached hydrogen (secondary N) is 1. The zero-order valence-corrected chi connectivity index (χ0v) is 13.0. The summed E-state index contributed by atoms with van der Waals surface area (Å²) in [6.07, 6.45) is 5.59. The molecule has 0 bridgehead atoms. The Morgan fingerprint density at radius 2 is 2.17 bits per heavy atom. The maximum atomic E-state index is 13.7. The first kappa shape index (κ1) is 14.7. The smallest absolute Gasteiger partial charge is 0.224 e. The van der Waals surface area contributed by atoms with Crippen LogP contribution in [0.4, 0.5) is 10.1 Å². The van der Waals surface area contributed by atoms with Gasteiger partial charge in [-0.25, -0.2) is 9.37 Å². The van der Waals surface area contributed by atoms with E-state index in [1.54, 1.807) is 22.9 Å². The molecule has 1 aromatic carbocycles. The molecule has 4 rings (SSSR count). The highest BCUT2D eigenvalue weighted by Gasteiger charge is 2.16. The van der Waals surface area contributed by atoms with Gasteiger partial charge in [-0.15, -0.1) is 0 Å². The zero-order valence-electron chi connectivity index (χ0n) is 13.0. The number of fused-ring (bicyclic) bond motifs is 2. The predicted molar refractivity (Wildman–Crippen MR) is 87.5 cm³/mol. The highest BCUT2D eigenvalue weighted by Crippen LogP contribution is 2.31. The molecule has 1 aliphatic heterocycles. The van der Waals surface area contributed by atoms with Crippen molar-refractivity contribution in [1.82, 2.24) is 9.38 Å². The molecule has 1 amide bonds. The molecule has 0 spiro atoms. The molecule has 0 saturated carbocycles. The first-order chi connectivity index (χ1) is 11.7. The van der Waals surface area contributed by atoms with Crippen LogP contribution in [0.3, 0.4) is 0 Å². The maximum absolute atomic E-state index is 13.7. The van der Waals surface area contributed by atoms with E-state index in [9.17, 15) is 9.18 Å². The Kier molecular flexibility index (Phi) is 3.65. The van der Waals surface area contributed by atoms with Crippen LogP contribution in [0, 0.1) is 5.82 Å². The normalized spacial score (nSPS) is 14.1. The topological polar surface area (TPSA) is 55.6 Å². The highest BCUT2D eigenvalue weighted by atomic mass is 19.1. The minimum atomic E-state index is -0.361. The van der Waals surface area contributed by atoms with Crippen LogP contribution >= 0.6 is 0 Å². The van der Waals surface area contributed by atoms with Gasteiger partial charge in [0, 0.05) is 30.1 Å². The number of carbonyl (C=O) groups is 1. The summed E-state index contributed by atoms with van der Waals surface area (Å²) < 4.78 is 21.2. The predicted octanol–water partition coefficient (Wildman–Crippen LogP) is 3.33. The van der Waals surface area contributed by atoms with Gasteiger partial charge in [0.2, 0.25) is 5.91 Å². The van der Waals surface area contributed by atoms with Gasteiger partial charge in [0.1, 0.15) is 12.4 Å². The molecule has 3 aromatic rings. The number of hydrogen-bond acceptors (Lipinski definition) is 3. The third-order valence-corrected chi connectivity index (χ3v) is 4.10. The Labute approximate surface area is 138 Å². The van der Waals surface area contributed by atoms with Gasteiger partial charge >= 0.3 is 0 Å². The van der Waals surface area contributed by atoms with Crippen molar-refractivity contribution in [2.45, 2.75) is 25.9 Å². The SMILES string of the molecule is O=C1CCCc2c(cccc2OCc2cn3cccc(F)c3n2)N1. The summed E-state index contributed by atoms with van der Waals surface area (Å²) in [6.45, 7) is 0.242. The molecule has 2 aromatic heterocycles. The van der Waals surface area contributed by atoms with E-state index in [0.717, 1.165) is 29.8 Å². The molecule has 0 fully saturated rings. The van der Waals surface area contributed by atoms with Crippen LogP contribution in [0.5, 0.6) is 5.75 Å². The van der Waals surface area contributed by atoms with Crippen molar-refractivity contribution in [3.63, 3.8) is 0 Å². The van der Waals surface area contributed by atoms with Gasteiger partial charge in [-0.05, 0) is 37.1 Å². The van der Waals surface area contributed by atoms with Crippen molar-refractivity contribution >= 4 is 17.2 Å². The summed E-state index contributed by atoms with van der Waals surface area (Å²) in [5.74, 6) is 0.397. The lowest BCUT2D eigenvalue weighted by Crippen LogP contribution is -2.09. The van der Waals surface area contributed by atoms with E-state index >= 15 is 0 Å². The van der Waals surface area contributed by atoms with Gasteiger partial charge in [-0.2, -0.15) is 0 Å². The average Bonchev–Trinajstić information content (AvgIpc) is 2.89. The van der Waals surface area contributed by atoms with E-state index in [4.69, 9.17) is 4.74 Å². The number of aromatic nitrogens is 2. The average molecular weight is 325 g/mol. The van der Waals surface area contributed by atoms with Crippen molar-refractivity contribution in [3.8, 4) is 5.75 Å². The standard InChI is InChI=1S/C18H16FN3O2/c19-14-5-3-9-22-10-12(20-18(14)22)11-24-16-7-2-6-15-13(16)4-1-8-17(23)21-15/h2-3,5-7,9-10H,1,4,8,11H2,(H,21,23). The second-order valence-corrected chi connectivity index (χ2v) is 5.79. The lowest BCUT2D eigenvalue weighted by molar-refractivity contribution is -0.116. The highest BCUT2D eigenvalue weighted by molar-refractivity contribution is 5.92. The molecule has 6 heteroatoms. The molecule has 122 valence electrons. The van der Waals surface area contributed by atoms with Gasteiger partial charge in [-0.1, -0.05) is 6.07 Å². The summed E-state index contributed by atoms with van der Waals surface area (Å²) in [6, 6.07) is 8.63. The molecule has 3 heterocycles. The summed E-state index contributed by atoms with van der Waals surface area (Å²) in [5, 5.41) is 2.90. The second-order valence-electron chi connectivity index (χ2n) is 5.79. The van der Waals surface area contributed by atoms with Crippen LogP contribution in [0.1, 0.15) is 24.1 Å². The lowest BCUT2D eigenvalue weighted by atomic mass is 10.1. The van der Waals surface area contributed by atoms with Gasteiger partial charge < -0.3 is 14.5 Å². The fraction of sp³-hybridized carbons (Fsp3) is 0.222. The number of anilines is 1. The third kappa shape index (κ3) is 2.71. The van der Waals surface area contributed by atoms with Crippen LogP contribution in [-0.4, -0.2) is 15.3 Å². The van der Waals surface area contributed by atoms with Crippen molar-refractivity contribution in [2.24, 2.45) is 0 Å². The van der Waals surface area contributed by atoms with Crippen LogP contribution in [0.15, 0.2) is 42.7 Å². The van der Waals surface area contributed by atoms with Crippen LogP contribution in [0.25, 0.3) is 5.65 Å². The minimum absolute atomic E-state index is 0.0294. The monoisotopic (exact) mass is 325 g/mol. The minimum Gasteiger partial charge on any atom is -0.487 e. The van der Waals surface area contributed by atoms with Crippen LogP contribution in [0.2, 0.25) is 0 Å². The molecule has 1 N–H and O–H groups in total. The molecule has 5 nitrogen and oxygen atoms in total.